The Morgan fingerprint density at radius 2 is 1.82 bits per heavy atom. The molecule has 0 bridgehead atoms. The summed E-state index contributed by atoms with van der Waals surface area (Å²) in [6.07, 6.45) is 8.79. The van der Waals surface area contributed by atoms with Crippen molar-refractivity contribution >= 4 is 12.1 Å². The van der Waals surface area contributed by atoms with Crippen LogP contribution in [0.1, 0.15) is 25.3 Å². The Balaban J connectivity index is 1.77. The summed E-state index contributed by atoms with van der Waals surface area (Å²) in [5, 5.41) is 3.92. The number of carbonyl (C=O) groups excluding carboxylic acids is 1. The van der Waals surface area contributed by atoms with Crippen LogP contribution in [-0.2, 0) is 4.79 Å². The lowest BCUT2D eigenvalue weighted by Gasteiger charge is -2.08. The van der Waals surface area contributed by atoms with Crippen molar-refractivity contribution < 1.29 is 19.0 Å². The summed E-state index contributed by atoms with van der Waals surface area (Å²) in [7, 11) is 0. The molecule has 2 rings (SSSR count). The Kier molecular flexibility index (Phi) is 8.95. The third kappa shape index (κ3) is 7.42. The number of unbranched alkanes of at least 4 members (excludes halogenated alkanes) is 1. The van der Waals surface area contributed by atoms with E-state index >= 15 is 0 Å². The molecule has 0 unspecified atom stereocenters. The van der Waals surface area contributed by atoms with Crippen LogP contribution in [0.15, 0.2) is 53.6 Å². The Labute approximate surface area is 165 Å². The standard InChI is InChI=1S/C22H24N2O4/c1-3-5-15-26-19-10-12-20(13-11-19)28-17-22(25)24-23-16-18-8-6-7-9-21(18)27-14-4-2/h2,6-13,16H,3,5,14-15,17H2,1H3,(H,24,25)/b23-16+. The lowest BCUT2D eigenvalue weighted by atomic mass is 10.2. The zero-order valence-corrected chi connectivity index (χ0v) is 15.9. The lowest BCUT2D eigenvalue weighted by molar-refractivity contribution is -0.123. The molecule has 6 nitrogen and oxygen atoms in total. The number of hydrogen-bond acceptors (Lipinski definition) is 5. The molecule has 0 saturated carbocycles. The van der Waals surface area contributed by atoms with Crippen molar-refractivity contribution in [1.29, 1.82) is 0 Å². The molecule has 0 spiro atoms. The Hall–Kier alpha value is -3.46. The van der Waals surface area contributed by atoms with Crippen LogP contribution in [0.4, 0.5) is 0 Å². The number of benzene rings is 2. The van der Waals surface area contributed by atoms with Gasteiger partial charge in [-0.15, -0.1) is 6.42 Å². The van der Waals surface area contributed by atoms with E-state index in [4.69, 9.17) is 20.6 Å². The highest BCUT2D eigenvalue weighted by molar-refractivity contribution is 5.85. The van der Waals surface area contributed by atoms with Gasteiger partial charge in [-0.1, -0.05) is 31.4 Å². The molecular weight excluding hydrogens is 356 g/mol. The van der Waals surface area contributed by atoms with E-state index in [-0.39, 0.29) is 19.1 Å². The van der Waals surface area contributed by atoms with Crippen molar-refractivity contribution in [3.05, 3.63) is 54.1 Å². The third-order valence-corrected chi connectivity index (χ3v) is 3.58. The smallest absolute Gasteiger partial charge is 0.277 e. The van der Waals surface area contributed by atoms with Gasteiger partial charge in [0.05, 0.1) is 12.8 Å². The maximum atomic E-state index is 11.9. The summed E-state index contributed by atoms with van der Waals surface area (Å²) >= 11 is 0. The van der Waals surface area contributed by atoms with Crippen LogP contribution in [0, 0.1) is 12.3 Å². The van der Waals surface area contributed by atoms with Gasteiger partial charge in [-0.2, -0.15) is 5.10 Å². The van der Waals surface area contributed by atoms with E-state index in [2.05, 4.69) is 23.4 Å². The lowest BCUT2D eigenvalue weighted by Crippen LogP contribution is -2.24. The third-order valence-electron chi connectivity index (χ3n) is 3.58. The van der Waals surface area contributed by atoms with Gasteiger partial charge in [0.15, 0.2) is 6.61 Å². The number of hydrazone groups is 1. The molecule has 1 N–H and O–H groups in total. The fourth-order valence-corrected chi connectivity index (χ4v) is 2.16. The molecule has 1 amide bonds. The summed E-state index contributed by atoms with van der Waals surface area (Å²) in [5.74, 6) is 3.98. The SMILES string of the molecule is C#CCOc1ccccc1/C=N/NC(=O)COc1ccc(OCCCC)cc1. The van der Waals surface area contributed by atoms with E-state index < -0.39 is 0 Å². The van der Waals surface area contributed by atoms with E-state index in [9.17, 15) is 4.79 Å². The number of carbonyl (C=O) groups is 1. The maximum Gasteiger partial charge on any atom is 0.277 e. The predicted octanol–water partition coefficient (Wildman–Crippen LogP) is 3.41. The van der Waals surface area contributed by atoms with Crippen molar-refractivity contribution in [3.8, 4) is 29.6 Å². The quantitative estimate of drug-likeness (QED) is 0.281. The van der Waals surface area contributed by atoms with Crippen LogP contribution in [0.3, 0.4) is 0 Å². The Morgan fingerprint density at radius 1 is 1.11 bits per heavy atom. The molecule has 0 fully saturated rings. The van der Waals surface area contributed by atoms with Gasteiger partial charge in [-0.3, -0.25) is 4.79 Å². The zero-order chi connectivity index (χ0) is 20.0. The zero-order valence-electron chi connectivity index (χ0n) is 15.9. The summed E-state index contributed by atoms with van der Waals surface area (Å²) in [4.78, 5) is 11.9. The molecule has 2 aromatic carbocycles. The minimum Gasteiger partial charge on any atom is -0.494 e. The second kappa shape index (κ2) is 12.0. The Morgan fingerprint density at radius 3 is 2.54 bits per heavy atom. The average molecular weight is 380 g/mol. The van der Waals surface area contributed by atoms with Gasteiger partial charge in [0.25, 0.3) is 5.91 Å². The summed E-state index contributed by atoms with van der Waals surface area (Å²) in [6.45, 7) is 2.81. The maximum absolute atomic E-state index is 11.9. The largest absolute Gasteiger partial charge is 0.494 e. The molecule has 0 atom stereocenters. The molecule has 0 saturated heterocycles. The van der Waals surface area contributed by atoms with Gasteiger partial charge in [0.2, 0.25) is 0 Å². The number of para-hydroxylation sites is 1. The first-order chi connectivity index (χ1) is 13.7. The van der Waals surface area contributed by atoms with Gasteiger partial charge < -0.3 is 14.2 Å². The van der Waals surface area contributed by atoms with Gasteiger partial charge in [0, 0.05) is 5.56 Å². The van der Waals surface area contributed by atoms with Crippen molar-refractivity contribution in [2.24, 2.45) is 5.10 Å². The van der Waals surface area contributed by atoms with Crippen molar-refractivity contribution in [3.63, 3.8) is 0 Å². The number of hydrogen-bond donors (Lipinski definition) is 1. The summed E-state index contributed by atoms with van der Waals surface area (Å²) in [6, 6.07) is 14.4. The molecule has 0 aliphatic rings. The number of nitrogens with zero attached hydrogens (tertiary/aromatic N) is 1. The topological polar surface area (TPSA) is 69.2 Å². The van der Waals surface area contributed by atoms with Crippen LogP contribution in [0.25, 0.3) is 0 Å². The highest BCUT2D eigenvalue weighted by Gasteiger charge is 2.03. The van der Waals surface area contributed by atoms with E-state index in [1.807, 2.05) is 30.3 Å². The van der Waals surface area contributed by atoms with Crippen LogP contribution >= 0.6 is 0 Å². The normalized spacial score (nSPS) is 10.3. The molecule has 2 aromatic rings. The second-order valence-electron chi connectivity index (χ2n) is 5.79. The molecule has 6 heteroatoms. The molecule has 0 aliphatic heterocycles. The highest BCUT2D eigenvalue weighted by atomic mass is 16.5. The number of terminal acetylenes is 1. The average Bonchev–Trinajstić information content (AvgIpc) is 2.72. The highest BCUT2D eigenvalue weighted by Crippen LogP contribution is 2.18. The first kappa shape index (κ1) is 20.8. The van der Waals surface area contributed by atoms with Gasteiger partial charge in [-0.25, -0.2) is 5.43 Å². The van der Waals surface area contributed by atoms with Crippen molar-refractivity contribution in [2.45, 2.75) is 19.8 Å². The molecule has 0 aromatic heterocycles. The van der Waals surface area contributed by atoms with Gasteiger partial charge in [0.1, 0.15) is 23.9 Å². The van der Waals surface area contributed by atoms with Crippen LogP contribution < -0.4 is 19.6 Å². The van der Waals surface area contributed by atoms with Gasteiger partial charge in [-0.05, 0) is 42.8 Å². The predicted molar refractivity (Wildman–Crippen MR) is 109 cm³/mol. The van der Waals surface area contributed by atoms with E-state index in [1.54, 1.807) is 18.2 Å². The molecule has 0 radical (unpaired) electrons. The monoisotopic (exact) mass is 380 g/mol. The number of rotatable bonds is 11. The van der Waals surface area contributed by atoms with E-state index in [0.29, 0.717) is 23.7 Å². The molecule has 28 heavy (non-hydrogen) atoms. The summed E-state index contributed by atoms with van der Waals surface area (Å²) in [5.41, 5.74) is 3.12. The first-order valence-corrected chi connectivity index (χ1v) is 9.05. The second-order valence-corrected chi connectivity index (χ2v) is 5.79. The molecule has 0 aliphatic carbocycles. The fourth-order valence-electron chi connectivity index (χ4n) is 2.16. The number of ether oxygens (including phenoxy) is 3. The minimum atomic E-state index is -0.374. The minimum absolute atomic E-state index is 0.150. The molecular formula is C22H24N2O4. The summed E-state index contributed by atoms with van der Waals surface area (Å²) < 4.78 is 16.4. The van der Waals surface area contributed by atoms with Crippen LogP contribution in [0.5, 0.6) is 17.2 Å². The van der Waals surface area contributed by atoms with Gasteiger partial charge >= 0.3 is 0 Å². The number of amides is 1. The first-order valence-electron chi connectivity index (χ1n) is 9.05. The van der Waals surface area contributed by atoms with Crippen LogP contribution in [0.2, 0.25) is 0 Å². The van der Waals surface area contributed by atoms with E-state index in [1.165, 1.54) is 6.21 Å². The Bertz CT molecular complexity index is 810. The molecule has 146 valence electrons. The molecule has 0 heterocycles. The van der Waals surface area contributed by atoms with Crippen molar-refractivity contribution in [2.75, 3.05) is 19.8 Å². The van der Waals surface area contributed by atoms with Crippen LogP contribution in [-0.4, -0.2) is 31.9 Å². The van der Waals surface area contributed by atoms with E-state index in [0.717, 1.165) is 18.6 Å². The fraction of sp³-hybridized carbons (Fsp3) is 0.273. The van der Waals surface area contributed by atoms with Crippen molar-refractivity contribution in [1.82, 2.24) is 5.43 Å². The number of nitrogens with one attached hydrogen (secondary N) is 1.